The number of rotatable bonds is 0. The maximum absolute atomic E-state index is 6.25. The molecular formula is C6H6Cl2N3+. The molecule has 3 N–H and O–H groups in total. The van der Waals surface area contributed by atoms with Gasteiger partial charge in [-0.2, -0.15) is 0 Å². The quantitative estimate of drug-likeness (QED) is 0.471. The summed E-state index contributed by atoms with van der Waals surface area (Å²) in [6.45, 7) is 0. The number of nitrogens with two attached hydrogens (primary N) is 1. The highest BCUT2D eigenvalue weighted by atomic mass is 35.5. The number of anilines is 1. The molecule has 11 heavy (non-hydrogen) atoms. The normalized spacial score (nSPS) is 8.00. The van der Waals surface area contributed by atoms with Crippen LogP contribution in [0.3, 0.4) is 0 Å². The van der Waals surface area contributed by atoms with E-state index < -0.39 is 0 Å². The van der Waals surface area contributed by atoms with Gasteiger partial charge in [-0.05, 0) is 12.1 Å². The van der Waals surface area contributed by atoms with Gasteiger partial charge in [0.1, 0.15) is 0 Å². The molecule has 0 heterocycles. The lowest BCUT2D eigenvalue weighted by Gasteiger charge is -1.96. The number of nitrogens with zero attached hydrogens (tertiary/aromatic N) is 1. The number of hydrogen-bond acceptors (Lipinski definition) is 2. The highest BCUT2D eigenvalue weighted by Gasteiger charge is 1.97. The van der Waals surface area contributed by atoms with E-state index in [9.17, 15) is 0 Å². The topological polar surface area (TPSA) is 73.6 Å². The van der Waals surface area contributed by atoms with Gasteiger partial charge in [0, 0.05) is 0 Å². The highest BCUT2D eigenvalue weighted by Crippen LogP contribution is 2.26. The van der Waals surface area contributed by atoms with E-state index >= 15 is 0 Å². The first kappa shape index (κ1) is 10.0. The smallest absolute Gasteiger partial charge is 0.212 e. The molecule has 1 aromatic rings. The molecule has 3 nitrogen and oxygen atoms in total. The molecule has 0 amide bonds. The van der Waals surface area contributed by atoms with E-state index in [0.29, 0.717) is 15.7 Å². The van der Waals surface area contributed by atoms with Crippen LogP contribution in [0.5, 0.6) is 0 Å². The van der Waals surface area contributed by atoms with Crippen molar-refractivity contribution in [1.82, 2.24) is 0 Å². The van der Waals surface area contributed by atoms with Gasteiger partial charge >= 0.3 is 0 Å². The van der Waals surface area contributed by atoms with Gasteiger partial charge in [0.15, 0.2) is 0 Å². The van der Waals surface area contributed by atoms with Crippen LogP contribution in [0, 0.1) is 5.39 Å². The summed E-state index contributed by atoms with van der Waals surface area (Å²) >= 11 is 11.2. The van der Waals surface area contributed by atoms with Crippen LogP contribution in [0.25, 0.3) is 0 Å². The molecule has 0 unspecified atom stereocenters. The van der Waals surface area contributed by atoms with Crippen LogP contribution >= 0.6 is 23.2 Å². The molecule has 5 heteroatoms. The predicted octanol–water partition coefficient (Wildman–Crippen LogP) is 0.855. The molecule has 1 rings (SSSR count). The van der Waals surface area contributed by atoms with E-state index in [4.69, 9.17) is 39.7 Å². The van der Waals surface area contributed by atoms with E-state index in [2.05, 4.69) is 0 Å². The Labute approximate surface area is 74.1 Å². The summed E-state index contributed by atoms with van der Waals surface area (Å²) in [6.07, 6.45) is 0. The SMILES string of the molecule is N#[NH+].Nc1cccc(Cl)c1Cl. The first-order valence-electron chi connectivity index (χ1n) is 2.63. The molecular weight excluding hydrogens is 185 g/mol. The molecule has 0 saturated heterocycles. The second kappa shape index (κ2) is 4.78. The minimum absolute atomic E-state index is 0.430. The third-order valence-electron chi connectivity index (χ3n) is 0.981. The molecule has 0 aliphatic heterocycles. The number of nitrogen functional groups attached to an aromatic ring is 1. The third kappa shape index (κ3) is 2.62. The lowest BCUT2D eigenvalue weighted by Crippen LogP contribution is -2.11. The van der Waals surface area contributed by atoms with Crippen molar-refractivity contribution in [3.63, 3.8) is 0 Å². The summed E-state index contributed by atoms with van der Waals surface area (Å²) in [5.41, 5.74) is 5.92. The van der Waals surface area contributed by atoms with Gasteiger partial charge in [-0.1, -0.05) is 29.3 Å². The third-order valence-corrected chi connectivity index (χ3v) is 1.81. The first-order valence-corrected chi connectivity index (χ1v) is 3.39. The fourth-order valence-electron chi connectivity index (χ4n) is 0.520. The summed E-state index contributed by atoms with van der Waals surface area (Å²) in [5, 5.41) is 11.9. The summed E-state index contributed by atoms with van der Waals surface area (Å²) in [5.74, 6) is 0. The Morgan fingerprint density at radius 2 is 1.82 bits per heavy atom. The van der Waals surface area contributed by atoms with E-state index in [1.807, 2.05) is 0 Å². The summed E-state index contributed by atoms with van der Waals surface area (Å²) in [4.78, 5) is 0. The van der Waals surface area contributed by atoms with Crippen molar-refractivity contribution < 1.29 is 5.39 Å². The molecule has 0 spiro atoms. The maximum Gasteiger partial charge on any atom is 0.212 e. The first-order chi connectivity index (χ1) is 5.22. The Morgan fingerprint density at radius 1 is 1.27 bits per heavy atom. The van der Waals surface area contributed by atoms with Crippen LogP contribution in [-0.4, -0.2) is 0 Å². The zero-order valence-electron chi connectivity index (χ0n) is 5.51. The van der Waals surface area contributed by atoms with Gasteiger partial charge in [-0.3, -0.25) is 0 Å². The van der Waals surface area contributed by atoms with E-state index in [0.717, 1.165) is 0 Å². The monoisotopic (exact) mass is 190 g/mol. The predicted molar refractivity (Wildman–Crippen MR) is 43.6 cm³/mol. The Hall–Kier alpha value is -0.980. The molecule has 1 aromatic carbocycles. The molecule has 0 aliphatic rings. The van der Waals surface area contributed by atoms with Gasteiger partial charge < -0.3 is 5.73 Å². The zero-order valence-corrected chi connectivity index (χ0v) is 7.02. The van der Waals surface area contributed by atoms with Gasteiger partial charge in [0.2, 0.25) is 5.39 Å². The number of nitrogens with one attached hydrogen (secondary N) is 1. The number of diazo groups is 1. The van der Waals surface area contributed by atoms with Crippen LogP contribution in [0.4, 0.5) is 5.69 Å². The zero-order chi connectivity index (χ0) is 8.85. The minimum atomic E-state index is 0.430. The summed E-state index contributed by atoms with van der Waals surface area (Å²) in [6, 6.07) is 5.15. The number of hydrogen-bond donors (Lipinski definition) is 2. The molecule has 0 bridgehead atoms. The van der Waals surface area contributed by atoms with Crippen molar-refractivity contribution in [3.8, 4) is 0 Å². The van der Waals surface area contributed by atoms with Gasteiger partial charge in [0.25, 0.3) is 0 Å². The average molecular weight is 191 g/mol. The fraction of sp³-hybridized carbons (Fsp3) is 0. The second-order valence-electron chi connectivity index (χ2n) is 1.64. The van der Waals surface area contributed by atoms with Crippen molar-refractivity contribution in [2.24, 2.45) is 0 Å². The van der Waals surface area contributed by atoms with Crippen LogP contribution in [0.15, 0.2) is 18.2 Å². The van der Waals surface area contributed by atoms with E-state index in [1.54, 1.807) is 18.2 Å². The molecule has 0 saturated carbocycles. The van der Waals surface area contributed by atoms with Crippen LogP contribution < -0.4 is 11.1 Å². The molecule has 0 fully saturated rings. The number of benzene rings is 1. The molecule has 0 aliphatic carbocycles. The van der Waals surface area contributed by atoms with Crippen molar-refractivity contribution in [2.75, 3.05) is 5.73 Å². The van der Waals surface area contributed by atoms with Crippen LogP contribution in [0.1, 0.15) is 0 Å². The lowest BCUT2D eigenvalue weighted by atomic mass is 10.3. The van der Waals surface area contributed by atoms with Crippen molar-refractivity contribution in [1.29, 1.82) is 5.39 Å². The Bertz CT molecular complexity index is 239. The van der Waals surface area contributed by atoms with Gasteiger partial charge in [-0.25, -0.2) is 0 Å². The second-order valence-corrected chi connectivity index (χ2v) is 2.43. The highest BCUT2D eigenvalue weighted by molar-refractivity contribution is 6.43. The van der Waals surface area contributed by atoms with E-state index in [-0.39, 0.29) is 0 Å². The molecule has 58 valence electrons. The summed E-state index contributed by atoms with van der Waals surface area (Å²) in [7, 11) is 0. The minimum Gasteiger partial charge on any atom is -0.397 e. The van der Waals surface area contributed by atoms with Crippen LogP contribution in [-0.2, 0) is 0 Å². The van der Waals surface area contributed by atoms with Crippen molar-refractivity contribution >= 4 is 28.9 Å². The number of halogens is 2. The van der Waals surface area contributed by atoms with Gasteiger partial charge in [-0.15, -0.1) is 0 Å². The van der Waals surface area contributed by atoms with Crippen LogP contribution in [0.2, 0.25) is 10.0 Å². The Balaban J connectivity index is 0.000000461. The summed E-state index contributed by atoms with van der Waals surface area (Å²) < 4.78 is 0. The van der Waals surface area contributed by atoms with Gasteiger partial charge in [0.05, 0.1) is 21.1 Å². The fourth-order valence-corrected chi connectivity index (χ4v) is 0.828. The molecule has 0 aromatic heterocycles. The lowest BCUT2D eigenvalue weighted by molar-refractivity contribution is -0.175. The van der Waals surface area contributed by atoms with E-state index in [1.165, 1.54) is 0 Å². The van der Waals surface area contributed by atoms with Crippen molar-refractivity contribution in [3.05, 3.63) is 28.2 Å². The average Bonchev–Trinajstić information content (AvgIpc) is 2.04. The molecule has 0 atom stereocenters. The largest absolute Gasteiger partial charge is 0.397 e. The van der Waals surface area contributed by atoms with Crippen molar-refractivity contribution in [2.45, 2.75) is 0 Å². The molecule has 0 radical (unpaired) electrons. The standard InChI is InChI=1S/C6H5Cl2N.N2/c7-4-2-1-3-5(9)6(4)8;1-2/h1-3H,9H2;/p+1. The maximum atomic E-state index is 6.25. The Morgan fingerprint density at radius 3 is 2.18 bits per heavy atom. The Kier molecular flexibility index (Phi) is 4.35.